The lowest BCUT2D eigenvalue weighted by atomic mass is 10.2. The van der Waals surface area contributed by atoms with E-state index in [1.807, 2.05) is 11.0 Å². The van der Waals surface area contributed by atoms with Crippen LogP contribution in [0.25, 0.3) is 0 Å². The quantitative estimate of drug-likeness (QED) is 0.857. The molecule has 0 aliphatic carbocycles. The zero-order valence-electron chi connectivity index (χ0n) is 12.2. The number of pyridine rings is 1. The minimum atomic E-state index is -0.133. The number of methoxy groups -OCH3 is 1. The average molecular weight is 320 g/mol. The van der Waals surface area contributed by atoms with Gasteiger partial charge < -0.3 is 14.1 Å². The van der Waals surface area contributed by atoms with Crippen molar-refractivity contribution in [2.75, 3.05) is 18.6 Å². The molecule has 0 bridgehead atoms. The fourth-order valence-corrected chi connectivity index (χ4v) is 2.72. The van der Waals surface area contributed by atoms with Crippen LogP contribution in [0.15, 0.2) is 16.5 Å². The topological polar surface area (TPSA) is 88.1 Å². The Kier molecular flexibility index (Phi) is 3.96. The highest BCUT2D eigenvalue weighted by Crippen LogP contribution is 2.36. The van der Waals surface area contributed by atoms with E-state index in [9.17, 15) is 0 Å². The highest BCUT2D eigenvalue weighted by Gasteiger charge is 2.37. The van der Waals surface area contributed by atoms with Crippen molar-refractivity contribution >= 4 is 17.4 Å². The van der Waals surface area contributed by atoms with E-state index in [-0.39, 0.29) is 17.8 Å². The summed E-state index contributed by atoms with van der Waals surface area (Å²) in [6, 6.07) is 5.30. The molecule has 3 rings (SSSR count). The van der Waals surface area contributed by atoms with Gasteiger partial charge in [0.05, 0.1) is 11.1 Å². The van der Waals surface area contributed by atoms with Crippen LogP contribution in [0, 0.1) is 18.3 Å². The van der Waals surface area contributed by atoms with Gasteiger partial charge in [0.25, 0.3) is 0 Å². The maximum atomic E-state index is 9.09. The summed E-state index contributed by atoms with van der Waals surface area (Å²) >= 11 is 5.95. The van der Waals surface area contributed by atoms with Crippen LogP contribution >= 0.6 is 11.6 Å². The van der Waals surface area contributed by atoms with Gasteiger partial charge in [-0.05, 0) is 12.1 Å². The van der Waals surface area contributed by atoms with Crippen molar-refractivity contribution in [3.8, 4) is 6.07 Å². The van der Waals surface area contributed by atoms with Gasteiger partial charge in [0.15, 0.2) is 5.69 Å². The maximum Gasteiger partial charge on any atom is 0.238 e. The van der Waals surface area contributed by atoms with E-state index in [1.54, 1.807) is 26.2 Å². The zero-order valence-corrected chi connectivity index (χ0v) is 12.9. The molecule has 0 unspecified atom stereocenters. The molecule has 114 valence electrons. The summed E-state index contributed by atoms with van der Waals surface area (Å²) in [6.45, 7) is 2.38. The van der Waals surface area contributed by atoms with Crippen LogP contribution in [0.2, 0.25) is 5.02 Å². The second-order valence-electron chi connectivity index (χ2n) is 5.03. The van der Waals surface area contributed by atoms with Crippen LogP contribution in [-0.2, 0) is 4.74 Å². The van der Waals surface area contributed by atoms with Crippen molar-refractivity contribution in [3.63, 3.8) is 0 Å². The molecule has 0 aromatic carbocycles. The second kappa shape index (κ2) is 5.91. The van der Waals surface area contributed by atoms with E-state index < -0.39 is 0 Å². The van der Waals surface area contributed by atoms with E-state index in [1.165, 1.54) is 0 Å². The minimum absolute atomic E-state index is 0.0280. The summed E-state index contributed by atoms with van der Waals surface area (Å²) < 4.78 is 11.0. The van der Waals surface area contributed by atoms with E-state index in [0.29, 0.717) is 35.6 Å². The SMILES string of the molecule is CO[C@H]1C[C@H](c2nnc(C)o2)N(c2ccc(Cl)c(C#N)n2)C1. The minimum Gasteiger partial charge on any atom is -0.423 e. The molecule has 0 radical (unpaired) electrons. The zero-order chi connectivity index (χ0) is 15.7. The molecule has 0 spiro atoms. The molecule has 1 aliphatic heterocycles. The smallest absolute Gasteiger partial charge is 0.238 e. The average Bonchev–Trinajstić information content (AvgIpc) is 3.13. The largest absolute Gasteiger partial charge is 0.423 e. The molecule has 1 saturated heterocycles. The third-order valence-corrected chi connectivity index (χ3v) is 3.96. The van der Waals surface area contributed by atoms with Crippen molar-refractivity contribution in [1.82, 2.24) is 15.2 Å². The van der Waals surface area contributed by atoms with Gasteiger partial charge in [-0.2, -0.15) is 5.26 Å². The summed E-state index contributed by atoms with van der Waals surface area (Å²) in [7, 11) is 1.67. The highest BCUT2D eigenvalue weighted by molar-refractivity contribution is 6.31. The third kappa shape index (κ3) is 2.63. The fraction of sp³-hybridized carbons (Fsp3) is 0.429. The number of aryl methyl sites for hydroxylation is 1. The summed E-state index contributed by atoms with van der Waals surface area (Å²) in [5, 5.41) is 17.4. The first-order chi connectivity index (χ1) is 10.6. The number of nitrogens with zero attached hydrogens (tertiary/aromatic N) is 5. The van der Waals surface area contributed by atoms with Gasteiger partial charge in [-0.1, -0.05) is 11.6 Å². The lowest BCUT2D eigenvalue weighted by Gasteiger charge is -2.23. The third-order valence-electron chi connectivity index (χ3n) is 3.65. The van der Waals surface area contributed by atoms with Gasteiger partial charge in [0.2, 0.25) is 11.8 Å². The van der Waals surface area contributed by atoms with E-state index in [4.69, 9.17) is 26.0 Å². The Labute approximate surface area is 132 Å². The van der Waals surface area contributed by atoms with Gasteiger partial charge in [-0.15, -0.1) is 10.2 Å². The maximum absolute atomic E-state index is 9.09. The van der Waals surface area contributed by atoms with Crippen molar-refractivity contribution in [3.05, 3.63) is 34.6 Å². The standard InChI is InChI=1S/C14H14ClN5O2/c1-8-18-19-14(22-8)12-5-9(21-2)7-20(12)13-4-3-10(15)11(6-16)17-13/h3-4,9,12H,5,7H2,1-2H3/t9-,12+/m0/s1. The summed E-state index contributed by atoms with van der Waals surface area (Å²) in [6.07, 6.45) is 0.741. The normalized spacial score (nSPS) is 21.1. The van der Waals surface area contributed by atoms with E-state index in [0.717, 1.165) is 0 Å². The molecule has 1 aliphatic rings. The van der Waals surface area contributed by atoms with Gasteiger partial charge >= 0.3 is 0 Å². The van der Waals surface area contributed by atoms with Gasteiger partial charge in [-0.3, -0.25) is 0 Å². The van der Waals surface area contributed by atoms with E-state index in [2.05, 4.69) is 15.2 Å². The Morgan fingerprint density at radius 1 is 1.45 bits per heavy atom. The van der Waals surface area contributed by atoms with Crippen LogP contribution in [0.3, 0.4) is 0 Å². The Morgan fingerprint density at radius 3 is 2.91 bits per heavy atom. The number of hydrogen-bond donors (Lipinski definition) is 0. The van der Waals surface area contributed by atoms with Crippen molar-refractivity contribution in [1.29, 1.82) is 5.26 Å². The number of anilines is 1. The molecule has 3 heterocycles. The molecule has 0 saturated carbocycles. The number of ether oxygens (including phenoxy) is 1. The van der Waals surface area contributed by atoms with Gasteiger partial charge in [-0.25, -0.2) is 4.98 Å². The molecule has 7 nitrogen and oxygen atoms in total. The molecule has 2 atom stereocenters. The summed E-state index contributed by atoms with van der Waals surface area (Å²) in [5.41, 5.74) is 0.195. The lowest BCUT2D eigenvalue weighted by Crippen LogP contribution is -2.26. The molecule has 2 aromatic heterocycles. The van der Waals surface area contributed by atoms with Gasteiger partial charge in [0, 0.05) is 27.0 Å². The van der Waals surface area contributed by atoms with Crippen LogP contribution in [0.1, 0.15) is 29.9 Å². The van der Waals surface area contributed by atoms with Gasteiger partial charge in [0.1, 0.15) is 17.9 Å². The molecule has 0 N–H and O–H groups in total. The van der Waals surface area contributed by atoms with Crippen LogP contribution in [0.5, 0.6) is 0 Å². The monoisotopic (exact) mass is 319 g/mol. The molecular weight excluding hydrogens is 306 g/mol. The Balaban J connectivity index is 1.97. The van der Waals surface area contributed by atoms with Crippen LogP contribution in [0.4, 0.5) is 5.82 Å². The van der Waals surface area contributed by atoms with Crippen molar-refractivity contribution in [2.24, 2.45) is 0 Å². The fourth-order valence-electron chi connectivity index (χ4n) is 2.57. The highest BCUT2D eigenvalue weighted by atomic mass is 35.5. The lowest BCUT2D eigenvalue weighted by molar-refractivity contribution is 0.117. The van der Waals surface area contributed by atoms with Crippen LogP contribution < -0.4 is 4.90 Å². The molecule has 8 heteroatoms. The number of halogens is 1. The first kappa shape index (κ1) is 14.8. The predicted molar refractivity (Wildman–Crippen MR) is 78.5 cm³/mol. The Bertz CT molecular complexity index is 726. The Hall–Kier alpha value is -2.17. The number of aromatic nitrogens is 3. The van der Waals surface area contributed by atoms with Crippen molar-refractivity contribution < 1.29 is 9.15 Å². The molecular formula is C14H14ClN5O2. The Morgan fingerprint density at radius 2 is 2.27 bits per heavy atom. The van der Waals surface area contributed by atoms with Crippen LogP contribution in [-0.4, -0.2) is 34.9 Å². The molecule has 1 fully saturated rings. The second-order valence-corrected chi connectivity index (χ2v) is 5.44. The number of rotatable bonds is 3. The van der Waals surface area contributed by atoms with E-state index >= 15 is 0 Å². The van der Waals surface area contributed by atoms with Crippen molar-refractivity contribution in [2.45, 2.75) is 25.5 Å². The molecule has 22 heavy (non-hydrogen) atoms. The summed E-state index contributed by atoms with van der Waals surface area (Å²) in [4.78, 5) is 6.31. The molecule has 0 amide bonds. The number of nitriles is 1. The number of hydrogen-bond acceptors (Lipinski definition) is 7. The first-order valence-electron chi connectivity index (χ1n) is 6.78. The summed E-state index contributed by atoms with van der Waals surface area (Å²) in [5.74, 6) is 1.67. The first-order valence-corrected chi connectivity index (χ1v) is 7.16. The predicted octanol–water partition coefficient (Wildman–Crippen LogP) is 2.26. The molecule has 2 aromatic rings.